The summed E-state index contributed by atoms with van der Waals surface area (Å²) in [5, 5.41) is 0.956. The van der Waals surface area contributed by atoms with Crippen molar-refractivity contribution in [3.05, 3.63) is 76.3 Å². The lowest BCUT2D eigenvalue weighted by atomic mass is 9.93. The Bertz CT molecular complexity index is 581. The van der Waals surface area contributed by atoms with Crippen molar-refractivity contribution >= 4 is 17.2 Å². The summed E-state index contributed by atoms with van der Waals surface area (Å²) in [5.74, 6) is 0.217. The number of rotatable bonds is 1. The van der Waals surface area contributed by atoms with Crippen LogP contribution < -0.4 is 0 Å². The number of halogens is 1. The Hall–Kier alpha value is -1.53. The third-order valence-electron chi connectivity index (χ3n) is 3.42. The zero-order valence-corrected chi connectivity index (χ0v) is 10.4. The Morgan fingerprint density at radius 3 is 2.29 bits per heavy atom. The Balaban J connectivity index is 2.20. The number of hydrogen-bond acceptors (Lipinski definition) is 0. The molecule has 0 aliphatic heterocycles. The minimum Gasteiger partial charge on any atom is -0.0878 e. The van der Waals surface area contributed by atoms with Crippen molar-refractivity contribution in [1.82, 2.24) is 0 Å². The SMILES string of the molecule is CC1=C(Cl)C(c2ccccc2)c2ccccc21. The van der Waals surface area contributed by atoms with Gasteiger partial charge in [-0.2, -0.15) is 0 Å². The summed E-state index contributed by atoms with van der Waals surface area (Å²) in [6.07, 6.45) is 0. The second kappa shape index (κ2) is 4.05. The molecule has 0 aromatic heterocycles. The molecule has 3 rings (SSSR count). The van der Waals surface area contributed by atoms with Gasteiger partial charge in [-0.3, -0.25) is 0 Å². The van der Waals surface area contributed by atoms with Crippen molar-refractivity contribution in [2.75, 3.05) is 0 Å². The summed E-state index contributed by atoms with van der Waals surface area (Å²) >= 11 is 6.51. The molecule has 0 saturated carbocycles. The van der Waals surface area contributed by atoms with Gasteiger partial charge in [-0.1, -0.05) is 66.2 Å². The predicted molar refractivity (Wildman–Crippen MR) is 73.2 cm³/mol. The summed E-state index contributed by atoms with van der Waals surface area (Å²) < 4.78 is 0. The van der Waals surface area contributed by atoms with E-state index < -0.39 is 0 Å². The van der Waals surface area contributed by atoms with Gasteiger partial charge in [0, 0.05) is 11.0 Å². The highest BCUT2D eigenvalue weighted by molar-refractivity contribution is 6.34. The van der Waals surface area contributed by atoms with E-state index in [-0.39, 0.29) is 5.92 Å². The molecule has 1 atom stereocenters. The molecule has 0 N–H and O–H groups in total. The maximum atomic E-state index is 6.51. The molecule has 84 valence electrons. The molecule has 1 heteroatoms. The Morgan fingerprint density at radius 1 is 0.882 bits per heavy atom. The number of allylic oxidation sites excluding steroid dienone is 2. The molecular weight excluding hydrogens is 228 g/mol. The van der Waals surface area contributed by atoms with Gasteiger partial charge < -0.3 is 0 Å². The second-order valence-corrected chi connectivity index (χ2v) is 4.81. The molecule has 0 fully saturated rings. The van der Waals surface area contributed by atoms with Crippen molar-refractivity contribution in [2.45, 2.75) is 12.8 Å². The summed E-state index contributed by atoms with van der Waals surface area (Å²) in [5.41, 5.74) is 5.07. The molecule has 0 heterocycles. The van der Waals surface area contributed by atoms with Gasteiger partial charge in [0.05, 0.1) is 0 Å². The van der Waals surface area contributed by atoms with Crippen LogP contribution in [0, 0.1) is 0 Å². The average Bonchev–Trinajstić information content (AvgIpc) is 2.64. The highest BCUT2D eigenvalue weighted by Gasteiger charge is 2.28. The smallest absolute Gasteiger partial charge is 0.0456 e. The molecule has 1 aliphatic carbocycles. The average molecular weight is 241 g/mol. The maximum Gasteiger partial charge on any atom is 0.0456 e. The molecule has 0 nitrogen and oxygen atoms in total. The molecule has 1 unspecified atom stereocenters. The number of hydrogen-bond donors (Lipinski definition) is 0. The highest BCUT2D eigenvalue weighted by atomic mass is 35.5. The minimum absolute atomic E-state index is 0.217. The zero-order valence-electron chi connectivity index (χ0n) is 9.65. The van der Waals surface area contributed by atoms with Gasteiger partial charge in [0.2, 0.25) is 0 Å². The van der Waals surface area contributed by atoms with Crippen LogP contribution in [0.4, 0.5) is 0 Å². The van der Waals surface area contributed by atoms with Crippen molar-refractivity contribution in [3.63, 3.8) is 0 Å². The summed E-state index contributed by atoms with van der Waals surface area (Å²) in [6.45, 7) is 2.10. The monoisotopic (exact) mass is 240 g/mol. The molecule has 0 amide bonds. The van der Waals surface area contributed by atoms with E-state index in [1.165, 1.54) is 22.3 Å². The van der Waals surface area contributed by atoms with Crippen LogP contribution in [0.25, 0.3) is 5.57 Å². The number of benzene rings is 2. The lowest BCUT2D eigenvalue weighted by Gasteiger charge is -2.13. The lowest BCUT2D eigenvalue weighted by molar-refractivity contribution is 1.03. The highest BCUT2D eigenvalue weighted by Crippen LogP contribution is 2.46. The van der Waals surface area contributed by atoms with Gasteiger partial charge in [-0.15, -0.1) is 0 Å². The van der Waals surface area contributed by atoms with Crippen molar-refractivity contribution in [3.8, 4) is 0 Å². The molecular formula is C16H13Cl. The Kier molecular flexibility index (Phi) is 2.53. The van der Waals surface area contributed by atoms with Crippen LogP contribution in [0.2, 0.25) is 0 Å². The first kappa shape index (κ1) is 10.6. The quantitative estimate of drug-likeness (QED) is 0.672. The fourth-order valence-electron chi connectivity index (χ4n) is 2.54. The van der Waals surface area contributed by atoms with E-state index in [4.69, 9.17) is 11.6 Å². The fraction of sp³-hybridized carbons (Fsp3) is 0.125. The van der Waals surface area contributed by atoms with Gasteiger partial charge in [-0.05, 0) is 29.2 Å². The maximum absolute atomic E-state index is 6.51. The van der Waals surface area contributed by atoms with E-state index >= 15 is 0 Å². The molecule has 0 radical (unpaired) electrons. The van der Waals surface area contributed by atoms with E-state index in [9.17, 15) is 0 Å². The van der Waals surface area contributed by atoms with E-state index in [1.807, 2.05) is 6.07 Å². The van der Waals surface area contributed by atoms with Gasteiger partial charge >= 0.3 is 0 Å². The third-order valence-corrected chi connectivity index (χ3v) is 3.92. The Labute approximate surface area is 107 Å². The number of fused-ring (bicyclic) bond motifs is 1. The van der Waals surface area contributed by atoms with Crippen molar-refractivity contribution in [2.24, 2.45) is 0 Å². The molecule has 2 aromatic carbocycles. The summed E-state index contributed by atoms with van der Waals surface area (Å²) in [7, 11) is 0. The second-order valence-electron chi connectivity index (χ2n) is 4.40. The first-order valence-corrected chi connectivity index (χ1v) is 6.17. The van der Waals surface area contributed by atoms with E-state index in [0.717, 1.165) is 5.03 Å². The molecule has 1 aliphatic rings. The standard InChI is InChI=1S/C16H13Cl/c1-11-13-9-5-6-10-14(13)15(16(11)17)12-7-3-2-4-8-12/h2-10,15H,1H3. The van der Waals surface area contributed by atoms with E-state index in [0.29, 0.717) is 0 Å². The first-order chi connectivity index (χ1) is 8.29. The van der Waals surface area contributed by atoms with Gasteiger partial charge in [0.1, 0.15) is 0 Å². The van der Waals surface area contributed by atoms with Gasteiger partial charge in [0.15, 0.2) is 0 Å². The van der Waals surface area contributed by atoms with Crippen LogP contribution in [0.15, 0.2) is 59.6 Å². The van der Waals surface area contributed by atoms with Gasteiger partial charge in [0.25, 0.3) is 0 Å². The summed E-state index contributed by atoms with van der Waals surface area (Å²) in [6, 6.07) is 18.9. The molecule has 0 spiro atoms. The molecule has 17 heavy (non-hydrogen) atoms. The largest absolute Gasteiger partial charge is 0.0878 e. The molecule has 0 saturated heterocycles. The van der Waals surface area contributed by atoms with E-state index in [1.54, 1.807) is 0 Å². The van der Waals surface area contributed by atoms with Crippen molar-refractivity contribution < 1.29 is 0 Å². The normalized spacial score (nSPS) is 18.4. The molecule has 0 bridgehead atoms. The molecule has 2 aromatic rings. The van der Waals surface area contributed by atoms with Crippen LogP contribution in [0.1, 0.15) is 29.5 Å². The minimum atomic E-state index is 0.217. The summed E-state index contributed by atoms with van der Waals surface area (Å²) in [4.78, 5) is 0. The van der Waals surface area contributed by atoms with Gasteiger partial charge in [-0.25, -0.2) is 0 Å². The van der Waals surface area contributed by atoms with E-state index in [2.05, 4.69) is 55.5 Å². The fourth-order valence-corrected chi connectivity index (χ4v) is 2.89. The van der Waals surface area contributed by atoms with Crippen molar-refractivity contribution in [1.29, 1.82) is 0 Å². The predicted octanol–water partition coefficient (Wildman–Crippen LogP) is 4.80. The van der Waals surface area contributed by atoms with Crippen LogP contribution in [-0.4, -0.2) is 0 Å². The van der Waals surface area contributed by atoms with Crippen LogP contribution in [0.5, 0.6) is 0 Å². The lowest BCUT2D eigenvalue weighted by Crippen LogP contribution is -1.97. The zero-order chi connectivity index (χ0) is 11.8. The third kappa shape index (κ3) is 1.60. The first-order valence-electron chi connectivity index (χ1n) is 5.79. The van der Waals surface area contributed by atoms with Crippen LogP contribution in [0.3, 0.4) is 0 Å². The Morgan fingerprint density at radius 2 is 1.53 bits per heavy atom. The topological polar surface area (TPSA) is 0 Å². The van der Waals surface area contributed by atoms with Crippen LogP contribution in [-0.2, 0) is 0 Å². The van der Waals surface area contributed by atoms with Crippen LogP contribution >= 0.6 is 11.6 Å².